The fraction of sp³-hybridized carbons (Fsp3) is 0. The van der Waals surface area contributed by atoms with Crippen molar-refractivity contribution in [2.75, 3.05) is 11.5 Å². The number of rotatable bonds is 1. The minimum Gasteiger partial charge on any atom is -0.399 e. The molecule has 2 aromatic carbocycles. The van der Waals surface area contributed by atoms with E-state index < -0.39 is 0 Å². The van der Waals surface area contributed by atoms with Crippen molar-refractivity contribution in [1.29, 1.82) is 0 Å². The number of nitrogens with two attached hydrogens (primary N) is 2. The molecule has 0 bridgehead atoms. The molecular weight excluding hydrogens is 203 g/mol. The Morgan fingerprint density at radius 2 is 0.800 bits per heavy atom. The fourth-order valence-electron chi connectivity index (χ4n) is 1.35. The second kappa shape index (κ2) is 4.81. The maximum atomic E-state index is 5.61. The molecule has 2 nitrogen and oxygen atoms in total. The normalized spacial score (nSPS) is 9.33. The molecule has 0 radical (unpaired) electrons. The van der Waals surface area contributed by atoms with Gasteiger partial charge in [-0.3, -0.25) is 0 Å². The predicted molar refractivity (Wildman–Crippen MR) is 71.8 cm³/mol. The minimum atomic E-state index is 0. The van der Waals surface area contributed by atoms with E-state index in [4.69, 9.17) is 11.5 Å². The summed E-state index contributed by atoms with van der Waals surface area (Å²) in [5.41, 5.74) is 15.1. The summed E-state index contributed by atoms with van der Waals surface area (Å²) in [6.45, 7) is 0. The molecule has 0 heterocycles. The summed E-state index contributed by atoms with van der Waals surface area (Å²) < 4.78 is 0. The number of hydrogen-bond donors (Lipinski definition) is 2. The summed E-state index contributed by atoms with van der Waals surface area (Å²) >= 11 is 0. The lowest BCUT2D eigenvalue weighted by Crippen LogP contribution is -1.85. The summed E-state index contributed by atoms with van der Waals surface area (Å²) in [6, 6.07) is 15.6. The third-order valence-corrected chi connectivity index (χ3v) is 2.15. The average molecular weight is 218 g/mol. The molecule has 0 aliphatic carbocycles. The standard InChI is InChI=1S/C12H12N2.H3P/c13-11-5-1-9(2-6-11)10-3-7-12(14)8-4-10;/h1-8H,13-14H2;1H3. The first-order valence-corrected chi connectivity index (χ1v) is 4.47. The molecule has 0 saturated carbocycles. The highest BCUT2D eigenvalue weighted by Gasteiger charge is 1.95. The first-order chi connectivity index (χ1) is 6.75. The zero-order valence-corrected chi connectivity index (χ0v) is 9.89. The lowest BCUT2D eigenvalue weighted by atomic mass is 10.1. The first kappa shape index (κ1) is 11.5. The first-order valence-electron chi connectivity index (χ1n) is 4.47. The van der Waals surface area contributed by atoms with Gasteiger partial charge in [-0.05, 0) is 35.4 Å². The van der Waals surface area contributed by atoms with E-state index in [1.165, 1.54) is 0 Å². The Kier molecular flexibility index (Phi) is 3.70. The zero-order chi connectivity index (χ0) is 9.97. The van der Waals surface area contributed by atoms with Crippen molar-refractivity contribution >= 4 is 21.3 Å². The molecule has 1 unspecified atom stereocenters. The Morgan fingerprint density at radius 3 is 1.07 bits per heavy atom. The van der Waals surface area contributed by atoms with E-state index in [9.17, 15) is 0 Å². The van der Waals surface area contributed by atoms with E-state index in [1.807, 2.05) is 48.5 Å². The van der Waals surface area contributed by atoms with E-state index in [2.05, 4.69) is 0 Å². The summed E-state index contributed by atoms with van der Waals surface area (Å²) in [5, 5.41) is 0. The molecule has 2 aromatic rings. The van der Waals surface area contributed by atoms with Crippen molar-refractivity contribution in [3.05, 3.63) is 48.5 Å². The average Bonchev–Trinajstić information content (AvgIpc) is 2.21. The lowest BCUT2D eigenvalue weighted by Gasteiger charge is -2.02. The van der Waals surface area contributed by atoms with Crippen molar-refractivity contribution in [3.63, 3.8) is 0 Å². The molecule has 0 fully saturated rings. The van der Waals surface area contributed by atoms with Gasteiger partial charge in [0.05, 0.1) is 0 Å². The molecule has 2 rings (SSSR count). The van der Waals surface area contributed by atoms with Crippen LogP contribution in [0.4, 0.5) is 11.4 Å². The summed E-state index contributed by atoms with van der Waals surface area (Å²) in [5.74, 6) is 0. The van der Waals surface area contributed by atoms with Gasteiger partial charge in [0.25, 0.3) is 0 Å². The second-order valence-electron chi connectivity index (χ2n) is 3.24. The molecule has 0 saturated heterocycles. The van der Waals surface area contributed by atoms with Crippen LogP contribution < -0.4 is 11.5 Å². The van der Waals surface area contributed by atoms with Crippen LogP contribution in [-0.2, 0) is 0 Å². The highest BCUT2D eigenvalue weighted by atomic mass is 31.0. The van der Waals surface area contributed by atoms with Crippen LogP contribution in [0.3, 0.4) is 0 Å². The number of hydrogen-bond acceptors (Lipinski definition) is 2. The van der Waals surface area contributed by atoms with E-state index in [0.29, 0.717) is 0 Å². The quantitative estimate of drug-likeness (QED) is 0.571. The molecule has 0 spiro atoms. The highest BCUT2D eigenvalue weighted by Crippen LogP contribution is 2.21. The molecule has 0 aliphatic heterocycles. The third kappa shape index (κ3) is 2.71. The monoisotopic (exact) mass is 218 g/mol. The smallest absolute Gasteiger partial charge is 0.0314 e. The van der Waals surface area contributed by atoms with Crippen molar-refractivity contribution in [3.8, 4) is 11.1 Å². The molecular formula is C12H15N2P. The van der Waals surface area contributed by atoms with Crippen molar-refractivity contribution in [2.45, 2.75) is 0 Å². The Balaban J connectivity index is 0.00000112. The van der Waals surface area contributed by atoms with Gasteiger partial charge in [0.15, 0.2) is 0 Å². The van der Waals surface area contributed by atoms with E-state index in [0.717, 1.165) is 22.5 Å². The van der Waals surface area contributed by atoms with Crippen molar-refractivity contribution in [2.24, 2.45) is 0 Å². The van der Waals surface area contributed by atoms with E-state index >= 15 is 0 Å². The van der Waals surface area contributed by atoms with Crippen LogP contribution in [-0.4, -0.2) is 0 Å². The Morgan fingerprint density at radius 1 is 0.533 bits per heavy atom. The minimum absolute atomic E-state index is 0. The molecule has 78 valence electrons. The third-order valence-electron chi connectivity index (χ3n) is 2.15. The topological polar surface area (TPSA) is 52.0 Å². The number of nitrogen functional groups attached to an aromatic ring is 2. The van der Waals surface area contributed by atoms with Crippen LogP contribution in [0.1, 0.15) is 0 Å². The molecule has 15 heavy (non-hydrogen) atoms. The SMILES string of the molecule is Nc1ccc(-c2ccc(N)cc2)cc1.P. The van der Waals surface area contributed by atoms with Crippen LogP contribution in [0, 0.1) is 0 Å². The molecule has 1 atom stereocenters. The van der Waals surface area contributed by atoms with Gasteiger partial charge >= 0.3 is 0 Å². The highest BCUT2D eigenvalue weighted by molar-refractivity contribution is 6.92. The van der Waals surface area contributed by atoms with Gasteiger partial charge in [0.1, 0.15) is 0 Å². The second-order valence-corrected chi connectivity index (χ2v) is 3.24. The van der Waals surface area contributed by atoms with Crippen LogP contribution in [0.2, 0.25) is 0 Å². The molecule has 0 aromatic heterocycles. The zero-order valence-electron chi connectivity index (χ0n) is 8.48. The van der Waals surface area contributed by atoms with Crippen LogP contribution in [0.25, 0.3) is 11.1 Å². The molecule has 4 N–H and O–H groups in total. The maximum Gasteiger partial charge on any atom is 0.0314 e. The van der Waals surface area contributed by atoms with Gasteiger partial charge in [-0.25, -0.2) is 0 Å². The number of anilines is 2. The van der Waals surface area contributed by atoms with Gasteiger partial charge in [0, 0.05) is 11.4 Å². The molecule has 0 amide bonds. The number of benzene rings is 2. The maximum absolute atomic E-state index is 5.61. The largest absolute Gasteiger partial charge is 0.399 e. The van der Waals surface area contributed by atoms with Crippen LogP contribution in [0.15, 0.2) is 48.5 Å². The van der Waals surface area contributed by atoms with Gasteiger partial charge < -0.3 is 11.5 Å². The summed E-state index contributed by atoms with van der Waals surface area (Å²) in [7, 11) is 0. The Bertz CT molecular complexity index is 377. The fourth-order valence-corrected chi connectivity index (χ4v) is 1.35. The lowest BCUT2D eigenvalue weighted by molar-refractivity contribution is 1.61. The summed E-state index contributed by atoms with van der Waals surface area (Å²) in [4.78, 5) is 0. The van der Waals surface area contributed by atoms with Gasteiger partial charge in [-0.2, -0.15) is 9.90 Å². The Labute approximate surface area is 92.9 Å². The predicted octanol–water partition coefficient (Wildman–Crippen LogP) is 2.58. The van der Waals surface area contributed by atoms with E-state index in [1.54, 1.807) is 0 Å². The van der Waals surface area contributed by atoms with Gasteiger partial charge in [0.2, 0.25) is 0 Å². The van der Waals surface area contributed by atoms with Crippen LogP contribution in [0.5, 0.6) is 0 Å². The van der Waals surface area contributed by atoms with Crippen molar-refractivity contribution < 1.29 is 0 Å². The Hall–Kier alpha value is -1.53. The molecule has 0 aliphatic rings. The molecule has 3 heteroatoms. The van der Waals surface area contributed by atoms with Gasteiger partial charge in [-0.1, -0.05) is 24.3 Å². The van der Waals surface area contributed by atoms with Gasteiger partial charge in [-0.15, -0.1) is 0 Å². The van der Waals surface area contributed by atoms with E-state index in [-0.39, 0.29) is 9.90 Å². The summed E-state index contributed by atoms with van der Waals surface area (Å²) in [6.07, 6.45) is 0. The van der Waals surface area contributed by atoms with Crippen LogP contribution >= 0.6 is 9.90 Å². The van der Waals surface area contributed by atoms with Crippen molar-refractivity contribution in [1.82, 2.24) is 0 Å².